The number of nitrogens with one attached hydrogen (secondary N) is 1. The quantitative estimate of drug-likeness (QED) is 0.612. The first-order valence-electron chi connectivity index (χ1n) is 5.39. The molecule has 0 saturated heterocycles. The number of hydrogen-bond donors (Lipinski definition) is 1. The third-order valence-electron chi connectivity index (χ3n) is 2.43. The molecule has 0 bridgehead atoms. The molecule has 0 spiro atoms. The van der Waals surface area contributed by atoms with Crippen molar-refractivity contribution in [3.05, 3.63) is 36.5 Å². The van der Waals surface area contributed by atoms with E-state index in [1.807, 2.05) is 19.2 Å². The highest BCUT2D eigenvalue weighted by Crippen LogP contribution is 2.17. The van der Waals surface area contributed by atoms with Gasteiger partial charge in [-0.15, -0.1) is 0 Å². The Bertz CT molecular complexity index is 201. The van der Waals surface area contributed by atoms with Crippen LogP contribution in [-0.4, -0.2) is 13.6 Å². The van der Waals surface area contributed by atoms with E-state index >= 15 is 0 Å². The molecular weight excluding hydrogens is 170 g/mol. The van der Waals surface area contributed by atoms with Crippen LogP contribution in [0, 0.1) is 5.92 Å². The molecule has 80 valence electrons. The van der Waals surface area contributed by atoms with E-state index in [9.17, 15) is 0 Å². The molecule has 0 fully saturated rings. The lowest BCUT2D eigenvalue weighted by Crippen LogP contribution is -2.12. The van der Waals surface area contributed by atoms with E-state index in [-0.39, 0.29) is 0 Å². The molecule has 1 heteroatoms. The highest BCUT2D eigenvalue weighted by atomic mass is 14.8. The first kappa shape index (κ1) is 13.2. The Morgan fingerprint density at radius 3 is 2.64 bits per heavy atom. The summed E-state index contributed by atoms with van der Waals surface area (Å²) in [6, 6.07) is 0. The zero-order valence-electron chi connectivity index (χ0n) is 9.72. The van der Waals surface area contributed by atoms with Gasteiger partial charge >= 0.3 is 0 Å². The standard InChI is InChI=1S/C13H23N/c1-5-7-8-9-13(6-2)12(3)10-11-14-4/h5,7-9,12,14H,1,6,10-11H2,2-4H3/b8-7-,13-9+. The Kier molecular flexibility index (Phi) is 8.25. The summed E-state index contributed by atoms with van der Waals surface area (Å²) < 4.78 is 0. The van der Waals surface area contributed by atoms with Crippen molar-refractivity contribution < 1.29 is 0 Å². The van der Waals surface area contributed by atoms with Gasteiger partial charge < -0.3 is 5.32 Å². The molecule has 0 aliphatic rings. The molecule has 0 rings (SSSR count). The topological polar surface area (TPSA) is 12.0 Å². The van der Waals surface area contributed by atoms with E-state index in [1.165, 1.54) is 12.0 Å². The number of allylic oxidation sites excluding steroid dienone is 5. The fraction of sp³-hybridized carbons (Fsp3) is 0.538. The summed E-state index contributed by atoms with van der Waals surface area (Å²) in [5.74, 6) is 0.668. The van der Waals surface area contributed by atoms with Crippen LogP contribution in [0.3, 0.4) is 0 Å². The Morgan fingerprint density at radius 2 is 2.14 bits per heavy atom. The second kappa shape index (κ2) is 8.76. The molecule has 0 heterocycles. The average molecular weight is 193 g/mol. The Balaban J connectivity index is 4.16. The molecule has 0 radical (unpaired) electrons. The van der Waals surface area contributed by atoms with Crippen molar-refractivity contribution in [2.24, 2.45) is 5.92 Å². The zero-order valence-corrected chi connectivity index (χ0v) is 9.72. The minimum atomic E-state index is 0.668. The zero-order chi connectivity index (χ0) is 10.8. The van der Waals surface area contributed by atoms with Crippen LogP contribution in [0.5, 0.6) is 0 Å². The van der Waals surface area contributed by atoms with Gasteiger partial charge in [-0.3, -0.25) is 0 Å². The Morgan fingerprint density at radius 1 is 1.43 bits per heavy atom. The van der Waals surface area contributed by atoms with Crippen LogP contribution >= 0.6 is 0 Å². The minimum Gasteiger partial charge on any atom is -0.320 e. The monoisotopic (exact) mass is 193 g/mol. The van der Waals surface area contributed by atoms with Crippen LogP contribution in [0.4, 0.5) is 0 Å². The maximum atomic E-state index is 3.65. The predicted octanol–water partition coefficient (Wildman–Crippen LogP) is 3.31. The molecular formula is C13H23N. The Hall–Kier alpha value is -0.820. The van der Waals surface area contributed by atoms with Crippen LogP contribution in [0.2, 0.25) is 0 Å². The average Bonchev–Trinajstić information content (AvgIpc) is 2.21. The second-order valence-corrected chi connectivity index (χ2v) is 3.51. The van der Waals surface area contributed by atoms with Crippen molar-refractivity contribution in [1.82, 2.24) is 5.32 Å². The van der Waals surface area contributed by atoms with Crippen molar-refractivity contribution in [1.29, 1.82) is 0 Å². The molecule has 0 aromatic carbocycles. The van der Waals surface area contributed by atoms with Crippen LogP contribution in [-0.2, 0) is 0 Å². The molecule has 1 atom stereocenters. The highest BCUT2D eigenvalue weighted by molar-refractivity contribution is 5.17. The van der Waals surface area contributed by atoms with Gasteiger partial charge in [0.15, 0.2) is 0 Å². The summed E-state index contributed by atoms with van der Waals surface area (Å²) >= 11 is 0. The smallest absolute Gasteiger partial charge is 0.00463 e. The van der Waals surface area contributed by atoms with Gasteiger partial charge in [0.2, 0.25) is 0 Å². The lowest BCUT2D eigenvalue weighted by Gasteiger charge is -2.13. The van der Waals surface area contributed by atoms with Crippen LogP contribution in [0.1, 0.15) is 26.7 Å². The van der Waals surface area contributed by atoms with Crippen LogP contribution in [0.15, 0.2) is 36.5 Å². The lowest BCUT2D eigenvalue weighted by molar-refractivity contribution is 0.571. The van der Waals surface area contributed by atoms with Gasteiger partial charge in [-0.2, -0.15) is 0 Å². The molecule has 14 heavy (non-hydrogen) atoms. The lowest BCUT2D eigenvalue weighted by atomic mass is 9.95. The summed E-state index contributed by atoms with van der Waals surface area (Å²) in [7, 11) is 2.00. The van der Waals surface area contributed by atoms with Gasteiger partial charge in [0.05, 0.1) is 0 Å². The van der Waals surface area contributed by atoms with E-state index in [2.05, 4.69) is 37.9 Å². The van der Waals surface area contributed by atoms with E-state index < -0.39 is 0 Å². The molecule has 1 N–H and O–H groups in total. The first-order chi connectivity index (χ1) is 6.76. The second-order valence-electron chi connectivity index (χ2n) is 3.51. The molecule has 0 amide bonds. The number of hydrogen-bond acceptors (Lipinski definition) is 1. The maximum absolute atomic E-state index is 3.65. The summed E-state index contributed by atoms with van der Waals surface area (Å²) in [6.07, 6.45) is 10.4. The highest BCUT2D eigenvalue weighted by Gasteiger charge is 2.04. The van der Waals surface area contributed by atoms with E-state index in [4.69, 9.17) is 0 Å². The predicted molar refractivity (Wildman–Crippen MR) is 65.4 cm³/mol. The van der Waals surface area contributed by atoms with Crippen molar-refractivity contribution in [3.8, 4) is 0 Å². The molecule has 0 aliphatic heterocycles. The van der Waals surface area contributed by atoms with E-state index in [0.717, 1.165) is 13.0 Å². The van der Waals surface area contributed by atoms with E-state index in [0.29, 0.717) is 5.92 Å². The van der Waals surface area contributed by atoms with Gasteiger partial charge in [-0.05, 0) is 32.4 Å². The molecule has 0 aliphatic carbocycles. The largest absolute Gasteiger partial charge is 0.320 e. The van der Waals surface area contributed by atoms with Crippen molar-refractivity contribution in [2.75, 3.05) is 13.6 Å². The molecule has 0 saturated carbocycles. The summed E-state index contributed by atoms with van der Waals surface area (Å²) in [6.45, 7) is 9.24. The third-order valence-corrected chi connectivity index (χ3v) is 2.43. The molecule has 0 aromatic rings. The SMILES string of the molecule is C=C/C=C\C=C(/CC)C(C)CCNC. The van der Waals surface area contributed by atoms with Gasteiger partial charge in [-0.1, -0.05) is 50.3 Å². The first-order valence-corrected chi connectivity index (χ1v) is 5.39. The van der Waals surface area contributed by atoms with Gasteiger partial charge in [-0.25, -0.2) is 0 Å². The van der Waals surface area contributed by atoms with Crippen LogP contribution in [0.25, 0.3) is 0 Å². The van der Waals surface area contributed by atoms with Gasteiger partial charge in [0.25, 0.3) is 0 Å². The van der Waals surface area contributed by atoms with E-state index in [1.54, 1.807) is 0 Å². The maximum Gasteiger partial charge on any atom is -0.00463 e. The Labute approximate surface area is 88.6 Å². The fourth-order valence-electron chi connectivity index (χ4n) is 1.43. The van der Waals surface area contributed by atoms with Crippen LogP contribution < -0.4 is 5.32 Å². The van der Waals surface area contributed by atoms with Crippen molar-refractivity contribution in [3.63, 3.8) is 0 Å². The van der Waals surface area contributed by atoms with Gasteiger partial charge in [0, 0.05) is 0 Å². The third kappa shape index (κ3) is 5.76. The molecule has 1 nitrogen and oxygen atoms in total. The summed E-state index contributed by atoms with van der Waals surface area (Å²) in [5.41, 5.74) is 1.51. The van der Waals surface area contributed by atoms with Gasteiger partial charge in [0.1, 0.15) is 0 Å². The normalized spacial score (nSPS) is 14.6. The summed E-state index contributed by atoms with van der Waals surface area (Å²) in [5, 5.41) is 3.18. The molecule has 0 aromatic heterocycles. The molecule has 1 unspecified atom stereocenters. The summed E-state index contributed by atoms with van der Waals surface area (Å²) in [4.78, 5) is 0. The fourth-order valence-corrected chi connectivity index (χ4v) is 1.43. The van der Waals surface area contributed by atoms with Crippen molar-refractivity contribution >= 4 is 0 Å². The number of rotatable bonds is 7. The minimum absolute atomic E-state index is 0.668. The van der Waals surface area contributed by atoms with Crippen molar-refractivity contribution in [2.45, 2.75) is 26.7 Å².